The predicted molar refractivity (Wildman–Crippen MR) is 132 cm³/mol. The maximum atomic E-state index is 12.6. The van der Waals surface area contributed by atoms with Gasteiger partial charge in [-0.05, 0) is 56.7 Å². The highest BCUT2D eigenvalue weighted by molar-refractivity contribution is 6.34. The molecule has 0 unspecified atom stereocenters. The Balaban J connectivity index is 1.29. The summed E-state index contributed by atoms with van der Waals surface area (Å²) in [5, 5.41) is 25.9. The normalized spacial score (nSPS) is 30.1. The van der Waals surface area contributed by atoms with Crippen LogP contribution in [0, 0.1) is 11.8 Å². The topological polar surface area (TPSA) is 98.2 Å². The third-order valence-corrected chi connectivity index (χ3v) is 8.11. The number of aliphatic hydroxyl groups excluding tert-OH is 1. The van der Waals surface area contributed by atoms with E-state index in [1.54, 1.807) is 20.0 Å². The van der Waals surface area contributed by atoms with Crippen molar-refractivity contribution in [2.75, 3.05) is 49.6 Å². The number of ether oxygens (including phenoxy) is 1. The highest BCUT2D eigenvalue weighted by Crippen LogP contribution is 2.46. The predicted octanol–water partition coefficient (Wildman–Crippen LogP) is 2.51. The van der Waals surface area contributed by atoms with Crippen LogP contribution in [-0.4, -0.2) is 82.6 Å². The second-order valence-corrected chi connectivity index (χ2v) is 11.1. The zero-order chi connectivity index (χ0) is 24.3. The lowest BCUT2D eigenvalue weighted by Gasteiger charge is -2.45. The first-order valence-electron chi connectivity index (χ1n) is 11.9. The van der Waals surface area contributed by atoms with Gasteiger partial charge in [0.1, 0.15) is 5.82 Å². The minimum atomic E-state index is -0.852. The second-order valence-electron chi connectivity index (χ2n) is 10.7. The summed E-state index contributed by atoms with van der Waals surface area (Å²) in [6.45, 7) is 9.70. The molecule has 0 spiro atoms. The largest absolute Gasteiger partial charge is 0.390 e. The molecule has 2 saturated heterocycles. The minimum absolute atomic E-state index is 0.0174. The van der Waals surface area contributed by atoms with Gasteiger partial charge in [-0.3, -0.25) is 9.69 Å². The Labute approximate surface area is 204 Å². The van der Waals surface area contributed by atoms with Crippen LogP contribution in [0.1, 0.15) is 27.2 Å². The molecular weight excluding hydrogens is 456 g/mol. The number of carbonyl (C=O) groups excluding carboxylic acids is 1. The smallest absolute Gasteiger partial charge is 0.229 e. The van der Waals surface area contributed by atoms with Crippen molar-refractivity contribution in [3.05, 3.63) is 29.4 Å². The second kappa shape index (κ2) is 8.60. The van der Waals surface area contributed by atoms with Crippen molar-refractivity contribution in [2.24, 2.45) is 11.8 Å². The summed E-state index contributed by atoms with van der Waals surface area (Å²) in [6, 6.07) is 5.84. The number of hydrogen-bond acceptors (Lipinski definition) is 7. The number of carbonyl (C=O) groups is 1. The molecule has 3 aliphatic rings. The van der Waals surface area contributed by atoms with Crippen LogP contribution in [-0.2, 0) is 9.53 Å². The highest BCUT2D eigenvalue weighted by Gasteiger charge is 2.51. The molecule has 2 aromatic rings. The van der Waals surface area contributed by atoms with Gasteiger partial charge >= 0.3 is 0 Å². The molecule has 2 aliphatic heterocycles. The molecule has 3 N–H and O–H groups in total. The molecule has 0 bridgehead atoms. The maximum absolute atomic E-state index is 12.6. The van der Waals surface area contributed by atoms with Gasteiger partial charge in [0.2, 0.25) is 5.91 Å². The van der Waals surface area contributed by atoms with Crippen LogP contribution < -0.4 is 10.2 Å². The number of fused-ring (bicyclic) bond motifs is 1. The molecule has 1 saturated carbocycles. The number of rotatable bonds is 5. The molecule has 1 aromatic carbocycles. The number of amides is 1. The number of pyridine rings is 1. The molecule has 184 valence electrons. The number of aliphatic hydroxyl groups is 2. The first kappa shape index (κ1) is 23.8. The van der Waals surface area contributed by atoms with E-state index in [0.29, 0.717) is 30.5 Å². The number of hydrogen-bond donors (Lipinski definition) is 3. The molecular formula is C25H33ClN4O4. The zero-order valence-corrected chi connectivity index (χ0v) is 20.7. The molecule has 3 heterocycles. The van der Waals surface area contributed by atoms with Gasteiger partial charge in [-0.2, -0.15) is 0 Å². The Kier molecular flexibility index (Phi) is 6.01. The number of nitrogens with zero attached hydrogens (tertiary/aromatic N) is 3. The summed E-state index contributed by atoms with van der Waals surface area (Å²) >= 11 is 6.65. The Morgan fingerprint density at radius 2 is 1.97 bits per heavy atom. The van der Waals surface area contributed by atoms with Crippen molar-refractivity contribution in [3.8, 4) is 0 Å². The first-order valence-corrected chi connectivity index (χ1v) is 12.3. The van der Waals surface area contributed by atoms with Crippen molar-refractivity contribution in [1.82, 2.24) is 9.88 Å². The Morgan fingerprint density at radius 3 is 2.59 bits per heavy atom. The third kappa shape index (κ3) is 4.38. The van der Waals surface area contributed by atoms with Crippen molar-refractivity contribution in [3.63, 3.8) is 0 Å². The lowest BCUT2D eigenvalue weighted by molar-refractivity contribution is -0.118. The fourth-order valence-corrected chi connectivity index (χ4v) is 5.65. The van der Waals surface area contributed by atoms with E-state index in [0.717, 1.165) is 42.6 Å². The summed E-state index contributed by atoms with van der Waals surface area (Å²) in [6.07, 6.45) is 1.94. The van der Waals surface area contributed by atoms with Crippen molar-refractivity contribution < 1.29 is 19.7 Å². The van der Waals surface area contributed by atoms with Gasteiger partial charge in [-0.1, -0.05) is 11.6 Å². The number of anilines is 2. The van der Waals surface area contributed by atoms with Crippen molar-refractivity contribution >= 4 is 39.8 Å². The molecule has 1 aromatic heterocycles. The van der Waals surface area contributed by atoms with Crippen LogP contribution in [0.3, 0.4) is 0 Å². The third-order valence-electron chi connectivity index (χ3n) is 7.80. The van der Waals surface area contributed by atoms with Gasteiger partial charge in [0.05, 0.1) is 41.2 Å². The summed E-state index contributed by atoms with van der Waals surface area (Å²) in [7, 11) is 0. The van der Waals surface area contributed by atoms with Gasteiger partial charge in [-0.25, -0.2) is 4.98 Å². The number of piperazine rings is 1. The standard InChI is InChI=1S/C25H33ClN4O4/c1-24(2,33)18-11-17(18)23(32)28-22-10-15-9-20(19(26)8-16(15)12-27-22)29-4-6-30(7-5-29)25(3)14-34-13-21(25)31/h8-10,12,17-18,21,31,33H,4-7,11,13-14H2,1-3H3,(H,27,28,32)/t17-,18-,21+,25-/m1/s1. The number of nitrogens with one attached hydrogen (secondary N) is 1. The van der Waals surface area contributed by atoms with Crippen LogP contribution >= 0.6 is 11.6 Å². The SMILES string of the molecule is CC(C)(O)[C@@H]1C[C@H]1C(=O)Nc1cc2cc(N3CCN([C@]4(C)COC[C@@H]4O)CC3)c(Cl)cc2cn1. The lowest BCUT2D eigenvalue weighted by atomic mass is 9.95. The molecule has 1 aliphatic carbocycles. The molecule has 1 amide bonds. The van der Waals surface area contributed by atoms with Crippen LogP contribution in [0.15, 0.2) is 24.4 Å². The Hall–Kier alpha value is -1.97. The fraction of sp³-hybridized carbons (Fsp3) is 0.600. The molecule has 0 radical (unpaired) electrons. The summed E-state index contributed by atoms with van der Waals surface area (Å²) in [5.74, 6) is 0.201. The molecule has 5 rings (SSSR count). The average Bonchev–Trinajstić information content (AvgIpc) is 3.54. The lowest BCUT2D eigenvalue weighted by Crippen LogP contribution is -2.60. The van der Waals surface area contributed by atoms with E-state index in [-0.39, 0.29) is 23.3 Å². The van der Waals surface area contributed by atoms with Gasteiger partial charge in [-0.15, -0.1) is 0 Å². The van der Waals surface area contributed by atoms with Crippen molar-refractivity contribution in [2.45, 2.75) is 44.4 Å². The van der Waals surface area contributed by atoms with Gasteiger partial charge < -0.3 is 25.2 Å². The number of benzene rings is 1. The molecule has 3 fully saturated rings. The number of halogens is 1. The highest BCUT2D eigenvalue weighted by atomic mass is 35.5. The number of aromatic nitrogens is 1. The van der Waals surface area contributed by atoms with E-state index in [1.807, 2.05) is 12.1 Å². The summed E-state index contributed by atoms with van der Waals surface area (Å²) in [4.78, 5) is 21.6. The van der Waals surface area contributed by atoms with E-state index >= 15 is 0 Å². The van der Waals surface area contributed by atoms with E-state index in [2.05, 4.69) is 33.1 Å². The first-order chi connectivity index (χ1) is 16.1. The van der Waals surface area contributed by atoms with Gasteiger partial charge in [0.15, 0.2) is 0 Å². The van der Waals surface area contributed by atoms with Crippen LogP contribution in [0.5, 0.6) is 0 Å². The van der Waals surface area contributed by atoms with E-state index in [1.165, 1.54) is 0 Å². The molecule has 4 atom stereocenters. The fourth-order valence-electron chi connectivity index (χ4n) is 5.36. The van der Waals surface area contributed by atoms with Crippen LogP contribution in [0.4, 0.5) is 11.5 Å². The molecule has 34 heavy (non-hydrogen) atoms. The average molecular weight is 489 g/mol. The van der Waals surface area contributed by atoms with E-state index in [9.17, 15) is 15.0 Å². The minimum Gasteiger partial charge on any atom is -0.390 e. The van der Waals surface area contributed by atoms with E-state index in [4.69, 9.17) is 16.3 Å². The Morgan fingerprint density at radius 1 is 1.24 bits per heavy atom. The monoisotopic (exact) mass is 488 g/mol. The summed E-state index contributed by atoms with van der Waals surface area (Å²) in [5.41, 5.74) is -0.242. The quantitative estimate of drug-likeness (QED) is 0.594. The van der Waals surface area contributed by atoms with Gasteiger partial charge in [0.25, 0.3) is 0 Å². The van der Waals surface area contributed by atoms with Crippen molar-refractivity contribution in [1.29, 1.82) is 0 Å². The zero-order valence-electron chi connectivity index (χ0n) is 19.9. The van der Waals surface area contributed by atoms with Crippen LogP contribution in [0.25, 0.3) is 10.8 Å². The van der Waals surface area contributed by atoms with Crippen LogP contribution in [0.2, 0.25) is 5.02 Å². The molecule has 8 nitrogen and oxygen atoms in total. The maximum Gasteiger partial charge on any atom is 0.229 e. The molecule has 9 heteroatoms. The summed E-state index contributed by atoms with van der Waals surface area (Å²) < 4.78 is 5.51. The Bertz CT molecular complexity index is 1100. The van der Waals surface area contributed by atoms with E-state index < -0.39 is 11.7 Å². The van der Waals surface area contributed by atoms with Gasteiger partial charge in [0, 0.05) is 43.7 Å².